The lowest BCUT2D eigenvalue weighted by Gasteiger charge is -2.47. The maximum Gasteiger partial charge on any atom is 0.255 e. The molecule has 0 radical (unpaired) electrons. The molecule has 4 nitrogen and oxygen atoms in total. The number of rotatable bonds is 5. The van der Waals surface area contributed by atoms with Crippen molar-refractivity contribution in [2.75, 3.05) is 19.6 Å². The Labute approximate surface area is 151 Å². The van der Waals surface area contributed by atoms with E-state index in [-0.39, 0.29) is 11.7 Å². The summed E-state index contributed by atoms with van der Waals surface area (Å²) in [6.07, 6.45) is 7.79. The molecular formula is C21H32N2O2. The summed E-state index contributed by atoms with van der Waals surface area (Å²) in [6.45, 7) is 7.28. The van der Waals surface area contributed by atoms with Crippen molar-refractivity contribution in [3.05, 3.63) is 29.3 Å². The predicted molar refractivity (Wildman–Crippen MR) is 101 cm³/mol. The quantitative estimate of drug-likeness (QED) is 0.801. The minimum atomic E-state index is -0.177. The third-order valence-electron chi connectivity index (χ3n) is 6.16. The van der Waals surface area contributed by atoms with Crippen LogP contribution in [0.15, 0.2) is 18.2 Å². The van der Waals surface area contributed by atoms with Crippen molar-refractivity contribution in [3.63, 3.8) is 0 Å². The lowest BCUT2D eigenvalue weighted by Crippen LogP contribution is -2.50. The number of amides is 1. The number of phenolic OH excluding ortho intramolecular Hbond substituents is 1. The van der Waals surface area contributed by atoms with Crippen LogP contribution in [0.2, 0.25) is 0 Å². The molecule has 3 atom stereocenters. The third kappa shape index (κ3) is 4.35. The molecule has 1 saturated heterocycles. The Hall–Kier alpha value is -1.55. The van der Waals surface area contributed by atoms with Gasteiger partial charge in [0.15, 0.2) is 0 Å². The fourth-order valence-corrected chi connectivity index (χ4v) is 4.70. The van der Waals surface area contributed by atoms with Crippen LogP contribution in [-0.2, 0) is 0 Å². The molecule has 2 aliphatic rings. The van der Waals surface area contributed by atoms with Gasteiger partial charge in [0.1, 0.15) is 5.75 Å². The number of hydrogen-bond donors (Lipinski definition) is 2. The number of phenols is 1. The second kappa shape index (κ2) is 8.22. The average Bonchev–Trinajstić information content (AvgIpc) is 2.62. The number of aryl methyl sites for hydroxylation is 1. The Morgan fingerprint density at radius 1 is 1.28 bits per heavy atom. The van der Waals surface area contributed by atoms with Crippen LogP contribution in [0, 0.1) is 18.8 Å². The third-order valence-corrected chi connectivity index (χ3v) is 6.16. The Morgan fingerprint density at radius 3 is 2.92 bits per heavy atom. The number of benzene rings is 1. The van der Waals surface area contributed by atoms with E-state index in [0.717, 1.165) is 36.4 Å². The SMILES string of the molecule is Cc1ccc(O)c(C(=O)NCCCN2CCC(C)[C@@H]3CCCC[C@@H]32)c1. The smallest absolute Gasteiger partial charge is 0.255 e. The van der Waals surface area contributed by atoms with E-state index < -0.39 is 0 Å². The highest BCUT2D eigenvalue weighted by molar-refractivity contribution is 5.96. The maximum absolute atomic E-state index is 12.3. The number of nitrogens with one attached hydrogen (secondary N) is 1. The van der Waals surface area contributed by atoms with Crippen molar-refractivity contribution >= 4 is 5.91 Å². The molecule has 0 spiro atoms. The molecule has 1 aromatic rings. The maximum atomic E-state index is 12.3. The highest BCUT2D eigenvalue weighted by Gasteiger charge is 2.36. The molecule has 1 aliphatic carbocycles. The molecule has 1 saturated carbocycles. The molecule has 1 amide bonds. The number of hydrogen-bond acceptors (Lipinski definition) is 3. The van der Waals surface area contributed by atoms with Gasteiger partial charge >= 0.3 is 0 Å². The van der Waals surface area contributed by atoms with Crippen molar-refractivity contribution in [1.29, 1.82) is 0 Å². The number of carbonyl (C=O) groups is 1. The first-order valence-corrected chi connectivity index (χ1v) is 9.88. The molecule has 25 heavy (non-hydrogen) atoms. The van der Waals surface area contributed by atoms with Gasteiger partial charge in [-0.3, -0.25) is 4.79 Å². The topological polar surface area (TPSA) is 52.6 Å². The number of aromatic hydroxyl groups is 1. The minimum absolute atomic E-state index is 0.0539. The van der Waals surface area contributed by atoms with Crippen molar-refractivity contribution < 1.29 is 9.90 Å². The highest BCUT2D eigenvalue weighted by atomic mass is 16.3. The number of likely N-dealkylation sites (tertiary alicyclic amines) is 1. The van der Waals surface area contributed by atoms with Crippen LogP contribution in [-0.4, -0.2) is 41.6 Å². The summed E-state index contributed by atoms with van der Waals surface area (Å²) in [5, 5.41) is 12.8. The molecular weight excluding hydrogens is 312 g/mol. The van der Waals surface area contributed by atoms with Crippen molar-refractivity contribution in [2.45, 2.75) is 58.4 Å². The molecule has 0 bridgehead atoms. The molecule has 0 aromatic heterocycles. The standard InChI is InChI=1S/C21H32N2O2/c1-15-8-9-20(24)18(14-15)21(25)22-11-5-12-23-13-10-16(2)17-6-3-4-7-19(17)23/h8-9,14,16-17,19,24H,3-7,10-13H2,1-2H3,(H,22,25)/t16?,17-,19-/m0/s1. The van der Waals surface area contributed by atoms with E-state index in [0.29, 0.717) is 12.1 Å². The van der Waals surface area contributed by atoms with Gasteiger partial charge in [0.2, 0.25) is 0 Å². The van der Waals surface area contributed by atoms with Gasteiger partial charge in [-0.25, -0.2) is 0 Å². The van der Waals surface area contributed by atoms with E-state index in [1.54, 1.807) is 12.1 Å². The van der Waals surface area contributed by atoms with Crippen LogP contribution in [0.1, 0.15) is 61.4 Å². The molecule has 1 unspecified atom stereocenters. The number of carbonyl (C=O) groups excluding carboxylic acids is 1. The summed E-state index contributed by atoms with van der Waals surface area (Å²) in [4.78, 5) is 14.9. The van der Waals surface area contributed by atoms with Crippen LogP contribution >= 0.6 is 0 Å². The number of piperidine rings is 1. The summed E-state index contributed by atoms with van der Waals surface area (Å²) >= 11 is 0. The largest absolute Gasteiger partial charge is 0.507 e. The van der Waals surface area contributed by atoms with Crippen LogP contribution < -0.4 is 5.32 Å². The zero-order valence-corrected chi connectivity index (χ0v) is 15.6. The molecule has 3 rings (SSSR count). The van der Waals surface area contributed by atoms with Crippen LogP contribution in [0.4, 0.5) is 0 Å². The second-order valence-corrected chi connectivity index (χ2v) is 7.95. The van der Waals surface area contributed by atoms with Crippen molar-refractivity contribution in [2.24, 2.45) is 11.8 Å². The van der Waals surface area contributed by atoms with E-state index >= 15 is 0 Å². The van der Waals surface area contributed by atoms with Gasteiger partial charge in [0.05, 0.1) is 5.56 Å². The van der Waals surface area contributed by atoms with E-state index in [2.05, 4.69) is 17.1 Å². The fraction of sp³-hybridized carbons (Fsp3) is 0.667. The molecule has 1 aromatic carbocycles. The Balaban J connectivity index is 1.46. The number of fused-ring (bicyclic) bond motifs is 1. The second-order valence-electron chi connectivity index (χ2n) is 7.95. The van der Waals surface area contributed by atoms with E-state index in [4.69, 9.17) is 0 Å². The fourth-order valence-electron chi connectivity index (χ4n) is 4.70. The van der Waals surface area contributed by atoms with Gasteiger partial charge in [0, 0.05) is 19.1 Å². The van der Waals surface area contributed by atoms with Gasteiger partial charge in [-0.05, 0) is 63.1 Å². The van der Waals surface area contributed by atoms with Crippen molar-refractivity contribution in [1.82, 2.24) is 10.2 Å². The van der Waals surface area contributed by atoms with E-state index in [1.165, 1.54) is 38.6 Å². The minimum Gasteiger partial charge on any atom is -0.507 e. The van der Waals surface area contributed by atoms with Crippen LogP contribution in [0.25, 0.3) is 0 Å². The average molecular weight is 344 g/mol. The Kier molecular flexibility index (Phi) is 6.00. The van der Waals surface area contributed by atoms with Crippen LogP contribution in [0.5, 0.6) is 5.75 Å². The van der Waals surface area contributed by atoms with Gasteiger partial charge in [-0.15, -0.1) is 0 Å². The first kappa shape index (κ1) is 18.2. The first-order valence-electron chi connectivity index (χ1n) is 9.88. The van der Waals surface area contributed by atoms with Gasteiger partial charge in [-0.2, -0.15) is 0 Å². The molecule has 1 aliphatic heterocycles. The Morgan fingerprint density at radius 2 is 2.08 bits per heavy atom. The molecule has 138 valence electrons. The molecule has 2 N–H and O–H groups in total. The van der Waals surface area contributed by atoms with E-state index in [9.17, 15) is 9.90 Å². The first-order chi connectivity index (χ1) is 12.1. The van der Waals surface area contributed by atoms with Crippen molar-refractivity contribution in [3.8, 4) is 5.75 Å². The zero-order chi connectivity index (χ0) is 17.8. The summed E-state index contributed by atoms with van der Waals surface area (Å²) in [7, 11) is 0. The summed E-state index contributed by atoms with van der Waals surface area (Å²) in [6, 6.07) is 5.89. The number of nitrogens with zero attached hydrogens (tertiary/aromatic N) is 1. The summed E-state index contributed by atoms with van der Waals surface area (Å²) < 4.78 is 0. The molecule has 2 fully saturated rings. The highest BCUT2D eigenvalue weighted by Crippen LogP contribution is 2.38. The lowest BCUT2D eigenvalue weighted by atomic mass is 9.72. The molecule has 1 heterocycles. The van der Waals surface area contributed by atoms with E-state index in [1.807, 2.05) is 13.0 Å². The predicted octanol–water partition coefficient (Wildman–Crippen LogP) is 3.72. The van der Waals surface area contributed by atoms with Gasteiger partial charge < -0.3 is 15.3 Å². The van der Waals surface area contributed by atoms with Gasteiger partial charge in [0.25, 0.3) is 5.91 Å². The van der Waals surface area contributed by atoms with Crippen LogP contribution in [0.3, 0.4) is 0 Å². The summed E-state index contributed by atoms with van der Waals surface area (Å²) in [5.74, 6) is 1.62. The molecule has 4 heteroatoms. The zero-order valence-electron chi connectivity index (χ0n) is 15.6. The monoisotopic (exact) mass is 344 g/mol. The summed E-state index contributed by atoms with van der Waals surface area (Å²) in [5.41, 5.74) is 1.35. The van der Waals surface area contributed by atoms with Gasteiger partial charge in [-0.1, -0.05) is 31.4 Å². The normalized spacial score (nSPS) is 26.9. The lowest BCUT2D eigenvalue weighted by molar-refractivity contribution is 0.0253. The Bertz CT molecular complexity index is 602.